The molecule has 146 valence electrons. The minimum atomic E-state index is -0.522. The maximum atomic E-state index is 12.2. The van der Waals surface area contributed by atoms with Gasteiger partial charge in [0.15, 0.2) is 17.5 Å². The van der Waals surface area contributed by atoms with Gasteiger partial charge in [0.25, 0.3) is 11.6 Å². The van der Waals surface area contributed by atoms with Crippen LogP contribution in [0.5, 0.6) is 11.5 Å². The number of fused-ring (bicyclic) bond motifs is 1. The number of aryl methyl sites for hydroxylation is 1. The van der Waals surface area contributed by atoms with E-state index in [4.69, 9.17) is 32.7 Å². The molecule has 0 spiro atoms. The average molecular weight is 442 g/mol. The van der Waals surface area contributed by atoms with Gasteiger partial charge in [-0.2, -0.15) is 0 Å². The van der Waals surface area contributed by atoms with E-state index < -0.39 is 10.8 Å². The Hall–Kier alpha value is -2.62. The number of anilines is 1. The number of nitrogens with zero attached hydrogens (tertiary/aromatic N) is 2. The number of carbonyl (C=O) groups excluding carboxylic acids is 1. The van der Waals surface area contributed by atoms with Gasteiger partial charge in [-0.3, -0.25) is 20.2 Å². The van der Waals surface area contributed by atoms with Crippen molar-refractivity contribution in [2.24, 2.45) is 0 Å². The summed E-state index contributed by atoms with van der Waals surface area (Å²) in [6.45, 7) is 1.47. The lowest BCUT2D eigenvalue weighted by atomic mass is 10.2. The van der Waals surface area contributed by atoms with Gasteiger partial charge < -0.3 is 9.47 Å². The normalized spacial score (nSPS) is 10.7. The molecule has 28 heavy (non-hydrogen) atoms. The summed E-state index contributed by atoms with van der Waals surface area (Å²) >= 11 is 13.1. The highest BCUT2D eigenvalue weighted by Crippen LogP contribution is 2.36. The van der Waals surface area contributed by atoms with Crippen LogP contribution in [0, 0.1) is 17.0 Å². The van der Waals surface area contributed by atoms with Crippen LogP contribution in [0.4, 0.5) is 10.8 Å². The zero-order chi connectivity index (χ0) is 20.4. The average Bonchev–Trinajstić information content (AvgIpc) is 3.01. The number of amides is 1. The van der Waals surface area contributed by atoms with Crippen molar-refractivity contribution in [3.8, 4) is 11.5 Å². The molecule has 0 atom stereocenters. The number of hydrogen-bond donors (Lipinski definition) is 1. The van der Waals surface area contributed by atoms with E-state index in [-0.39, 0.29) is 23.2 Å². The van der Waals surface area contributed by atoms with Gasteiger partial charge in [0.2, 0.25) is 0 Å². The number of methoxy groups -OCH3 is 1. The van der Waals surface area contributed by atoms with E-state index in [0.717, 1.165) is 11.3 Å². The molecule has 1 amide bonds. The molecule has 0 aliphatic rings. The van der Waals surface area contributed by atoms with E-state index >= 15 is 0 Å². The predicted octanol–water partition coefficient (Wildman–Crippen LogP) is 4.85. The van der Waals surface area contributed by atoms with Crippen molar-refractivity contribution in [2.75, 3.05) is 19.0 Å². The van der Waals surface area contributed by atoms with Crippen LogP contribution in [0.2, 0.25) is 10.0 Å². The molecular weight excluding hydrogens is 429 g/mol. The van der Waals surface area contributed by atoms with Gasteiger partial charge in [0.1, 0.15) is 11.3 Å². The van der Waals surface area contributed by atoms with Crippen LogP contribution >= 0.6 is 34.5 Å². The first-order valence-electron chi connectivity index (χ1n) is 7.79. The van der Waals surface area contributed by atoms with Gasteiger partial charge in [0.05, 0.1) is 27.8 Å². The van der Waals surface area contributed by atoms with Crippen LogP contribution < -0.4 is 14.8 Å². The molecule has 0 aliphatic carbocycles. The highest BCUT2D eigenvalue weighted by molar-refractivity contribution is 7.22. The number of carbonyl (C=O) groups is 1. The summed E-state index contributed by atoms with van der Waals surface area (Å²) in [5.41, 5.74) is 0.996. The minimum Gasteiger partial charge on any atom is -0.494 e. The smallest absolute Gasteiger partial charge is 0.274 e. The summed E-state index contributed by atoms with van der Waals surface area (Å²) in [7, 11) is 1.39. The molecule has 0 aliphatic heterocycles. The Balaban J connectivity index is 1.75. The quantitative estimate of drug-likeness (QED) is 0.433. The summed E-state index contributed by atoms with van der Waals surface area (Å²) in [6.07, 6.45) is 0. The van der Waals surface area contributed by atoms with Crippen LogP contribution in [0.25, 0.3) is 10.2 Å². The Kier molecular flexibility index (Phi) is 5.87. The first-order valence-corrected chi connectivity index (χ1v) is 9.37. The number of ether oxygens (including phenoxy) is 2. The van der Waals surface area contributed by atoms with Crippen molar-refractivity contribution in [3.63, 3.8) is 0 Å². The van der Waals surface area contributed by atoms with Gasteiger partial charge in [-0.05, 0) is 24.6 Å². The van der Waals surface area contributed by atoms with Gasteiger partial charge in [-0.1, -0.05) is 34.5 Å². The van der Waals surface area contributed by atoms with E-state index in [9.17, 15) is 14.9 Å². The first-order chi connectivity index (χ1) is 13.3. The van der Waals surface area contributed by atoms with Crippen LogP contribution in [0.15, 0.2) is 24.3 Å². The van der Waals surface area contributed by atoms with Crippen molar-refractivity contribution in [1.82, 2.24) is 4.98 Å². The van der Waals surface area contributed by atoms with Crippen molar-refractivity contribution >= 4 is 61.5 Å². The molecule has 1 N–H and O–H groups in total. The lowest BCUT2D eigenvalue weighted by Gasteiger charge is -2.10. The van der Waals surface area contributed by atoms with Gasteiger partial charge in [-0.15, -0.1) is 0 Å². The molecule has 2 aromatic carbocycles. The molecule has 0 bridgehead atoms. The fraction of sp³-hybridized carbons (Fsp3) is 0.176. The summed E-state index contributed by atoms with van der Waals surface area (Å²) in [5, 5.41) is 14.7. The molecule has 0 saturated heterocycles. The maximum absolute atomic E-state index is 12.2. The molecule has 3 rings (SSSR count). The van der Waals surface area contributed by atoms with Gasteiger partial charge >= 0.3 is 0 Å². The van der Waals surface area contributed by atoms with Crippen LogP contribution in [0.1, 0.15) is 5.56 Å². The summed E-state index contributed by atoms with van der Waals surface area (Å²) in [4.78, 5) is 27.0. The third-order valence-electron chi connectivity index (χ3n) is 3.66. The van der Waals surface area contributed by atoms with Gasteiger partial charge in [-0.25, -0.2) is 4.98 Å². The lowest BCUT2D eigenvalue weighted by Crippen LogP contribution is -2.20. The second-order valence-electron chi connectivity index (χ2n) is 5.64. The summed E-state index contributed by atoms with van der Waals surface area (Å²) in [5.74, 6) is 0.154. The summed E-state index contributed by atoms with van der Waals surface area (Å²) in [6, 6.07) is 5.85. The Morgan fingerprint density at radius 2 is 2.07 bits per heavy atom. The molecule has 0 fully saturated rings. The van der Waals surface area contributed by atoms with Crippen molar-refractivity contribution in [2.45, 2.75) is 6.92 Å². The van der Waals surface area contributed by atoms with Crippen LogP contribution in [-0.4, -0.2) is 29.5 Å². The first kappa shape index (κ1) is 20.1. The van der Waals surface area contributed by atoms with E-state index in [1.807, 2.05) is 0 Å². The fourth-order valence-electron chi connectivity index (χ4n) is 2.46. The Labute approximate surface area is 173 Å². The second-order valence-corrected chi connectivity index (χ2v) is 7.52. The monoisotopic (exact) mass is 441 g/mol. The number of nitro benzene ring substituents is 1. The summed E-state index contributed by atoms with van der Waals surface area (Å²) < 4.78 is 11.2. The van der Waals surface area contributed by atoms with Crippen LogP contribution in [0.3, 0.4) is 0 Å². The third-order valence-corrected chi connectivity index (χ3v) is 5.08. The second kappa shape index (κ2) is 8.17. The molecule has 11 heteroatoms. The number of aromatic nitrogens is 1. The Morgan fingerprint density at radius 1 is 1.32 bits per heavy atom. The highest BCUT2D eigenvalue weighted by Gasteiger charge is 2.18. The molecule has 3 aromatic rings. The Bertz CT molecular complexity index is 1060. The van der Waals surface area contributed by atoms with Crippen LogP contribution in [-0.2, 0) is 4.79 Å². The number of nitrogens with one attached hydrogen (secondary N) is 1. The lowest BCUT2D eigenvalue weighted by molar-refractivity contribution is -0.384. The Morgan fingerprint density at radius 3 is 2.71 bits per heavy atom. The number of non-ortho nitro benzene ring substituents is 1. The highest BCUT2D eigenvalue weighted by atomic mass is 35.5. The van der Waals surface area contributed by atoms with E-state index in [1.165, 1.54) is 25.3 Å². The molecule has 8 nitrogen and oxygen atoms in total. The number of thiazole rings is 1. The molecule has 0 unspecified atom stereocenters. The zero-order valence-corrected chi connectivity index (χ0v) is 16.9. The molecule has 1 aromatic heterocycles. The third kappa shape index (κ3) is 4.27. The van der Waals surface area contributed by atoms with Gasteiger partial charge in [0, 0.05) is 11.1 Å². The van der Waals surface area contributed by atoms with E-state index in [2.05, 4.69) is 10.3 Å². The number of nitro groups is 1. The minimum absolute atomic E-state index is 0.123. The topological polar surface area (TPSA) is 104 Å². The maximum Gasteiger partial charge on any atom is 0.274 e. The van der Waals surface area contributed by atoms with Crippen molar-refractivity contribution in [1.29, 1.82) is 0 Å². The van der Waals surface area contributed by atoms with Crippen molar-refractivity contribution in [3.05, 3.63) is 50.0 Å². The molecule has 0 saturated carbocycles. The molecule has 0 radical (unpaired) electrons. The number of rotatable bonds is 6. The number of halogens is 2. The number of benzene rings is 2. The predicted molar refractivity (Wildman–Crippen MR) is 108 cm³/mol. The SMILES string of the molecule is COc1cc([N+](=O)[O-])cc2sc(NC(=O)COc3c(C)cc(Cl)cc3Cl)nc12. The number of hydrogen-bond acceptors (Lipinski definition) is 7. The standard InChI is InChI=1S/C17H13Cl2N3O5S/c1-8-3-9(18)4-11(19)16(8)27-7-14(23)20-17-21-15-12(26-2)5-10(22(24)25)6-13(15)28-17/h3-6H,7H2,1-2H3,(H,20,21,23). The zero-order valence-electron chi connectivity index (χ0n) is 14.6. The van der Waals surface area contributed by atoms with Crippen molar-refractivity contribution < 1.29 is 19.2 Å². The molecular formula is C17H13Cl2N3O5S. The molecule has 1 heterocycles. The fourth-order valence-corrected chi connectivity index (χ4v) is 4.05. The largest absolute Gasteiger partial charge is 0.494 e. The van der Waals surface area contributed by atoms with E-state index in [1.54, 1.807) is 13.0 Å². The van der Waals surface area contributed by atoms with E-state index in [0.29, 0.717) is 31.6 Å².